The van der Waals surface area contributed by atoms with Gasteiger partial charge in [-0.15, -0.1) is 0 Å². The van der Waals surface area contributed by atoms with Crippen LogP contribution in [0.2, 0.25) is 0 Å². The molecule has 2 heteroatoms. The van der Waals surface area contributed by atoms with E-state index >= 15 is 0 Å². The summed E-state index contributed by atoms with van der Waals surface area (Å²) in [5.74, 6) is 0.583. The minimum atomic E-state index is -0.135. The summed E-state index contributed by atoms with van der Waals surface area (Å²) in [7, 11) is 0. The Kier molecular flexibility index (Phi) is 3.29. The molecule has 1 aromatic carbocycles. The van der Waals surface area contributed by atoms with Gasteiger partial charge in [0.05, 0.1) is 0 Å². The number of hydrogen-bond acceptors (Lipinski definition) is 1. The lowest BCUT2D eigenvalue weighted by molar-refractivity contribution is 0.275. The Morgan fingerprint density at radius 2 is 2.06 bits per heavy atom. The molecular weight excluding hydrogens is 201 g/mol. The topological polar surface area (TPSA) is 26.0 Å². The molecule has 16 heavy (non-hydrogen) atoms. The van der Waals surface area contributed by atoms with Crippen molar-refractivity contribution < 1.29 is 4.39 Å². The Labute approximate surface area is 96.9 Å². The first-order valence-electron chi connectivity index (χ1n) is 6.10. The van der Waals surface area contributed by atoms with Crippen LogP contribution in [0, 0.1) is 25.6 Å². The van der Waals surface area contributed by atoms with Crippen LogP contribution in [0.3, 0.4) is 0 Å². The maximum Gasteiger partial charge on any atom is 0.128 e. The summed E-state index contributed by atoms with van der Waals surface area (Å²) in [5.41, 5.74) is 8.79. The predicted octanol–water partition coefficient (Wildman–Crippen LogP) is 3.63. The molecule has 0 heterocycles. The molecule has 0 saturated heterocycles. The van der Waals surface area contributed by atoms with Crippen LogP contribution in [0.25, 0.3) is 0 Å². The molecule has 0 bridgehead atoms. The second-order valence-electron chi connectivity index (χ2n) is 5.12. The van der Waals surface area contributed by atoms with Crippen LogP contribution in [-0.2, 0) is 0 Å². The van der Waals surface area contributed by atoms with Gasteiger partial charge in [0.1, 0.15) is 5.82 Å². The first kappa shape index (κ1) is 11.6. The molecule has 88 valence electrons. The highest BCUT2D eigenvalue weighted by Gasteiger charge is 2.23. The first-order valence-corrected chi connectivity index (χ1v) is 6.10. The van der Waals surface area contributed by atoms with E-state index in [4.69, 9.17) is 5.73 Å². The lowest BCUT2D eigenvalue weighted by Crippen LogP contribution is -2.21. The average Bonchev–Trinajstić information content (AvgIpc) is 2.09. The number of nitrogens with two attached hydrogens (primary N) is 1. The molecule has 0 spiro atoms. The summed E-state index contributed by atoms with van der Waals surface area (Å²) in [6, 6.07) is 3.47. The van der Waals surface area contributed by atoms with Crippen molar-refractivity contribution in [3.8, 4) is 0 Å². The molecule has 1 unspecified atom stereocenters. The fourth-order valence-electron chi connectivity index (χ4n) is 2.60. The molecule has 1 nitrogen and oxygen atoms in total. The van der Waals surface area contributed by atoms with Gasteiger partial charge in [0.2, 0.25) is 0 Å². The number of aryl methyl sites for hydroxylation is 2. The van der Waals surface area contributed by atoms with Gasteiger partial charge < -0.3 is 5.73 Å². The minimum absolute atomic E-state index is 0.133. The highest BCUT2D eigenvalue weighted by atomic mass is 19.1. The van der Waals surface area contributed by atoms with Crippen LogP contribution in [0.4, 0.5) is 4.39 Å². The lowest BCUT2D eigenvalue weighted by atomic mass is 9.79. The van der Waals surface area contributed by atoms with Crippen LogP contribution in [0.5, 0.6) is 0 Å². The van der Waals surface area contributed by atoms with Gasteiger partial charge in [0.25, 0.3) is 0 Å². The van der Waals surface area contributed by atoms with Gasteiger partial charge >= 0.3 is 0 Å². The molecule has 1 saturated carbocycles. The van der Waals surface area contributed by atoms with E-state index in [1.807, 2.05) is 19.9 Å². The second-order valence-corrected chi connectivity index (χ2v) is 5.12. The monoisotopic (exact) mass is 221 g/mol. The highest BCUT2D eigenvalue weighted by Crippen LogP contribution is 2.35. The second kappa shape index (κ2) is 4.54. The molecule has 0 aliphatic heterocycles. The zero-order valence-corrected chi connectivity index (χ0v) is 10.1. The number of benzene rings is 1. The zero-order valence-electron chi connectivity index (χ0n) is 10.1. The fraction of sp³-hybridized carbons (Fsp3) is 0.571. The van der Waals surface area contributed by atoms with Crippen LogP contribution < -0.4 is 5.73 Å². The molecule has 1 aliphatic rings. The van der Waals surface area contributed by atoms with E-state index in [9.17, 15) is 4.39 Å². The van der Waals surface area contributed by atoms with Crippen molar-refractivity contribution in [2.45, 2.75) is 45.6 Å². The Hall–Kier alpha value is -0.890. The van der Waals surface area contributed by atoms with Gasteiger partial charge in [-0.25, -0.2) is 4.39 Å². The van der Waals surface area contributed by atoms with Gasteiger partial charge in [0, 0.05) is 11.6 Å². The van der Waals surface area contributed by atoms with E-state index in [-0.39, 0.29) is 11.9 Å². The van der Waals surface area contributed by atoms with Crippen LogP contribution in [0.15, 0.2) is 12.1 Å². The quantitative estimate of drug-likeness (QED) is 0.828. The van der Waals surface area contributed by atoms with Crippen molar-refractivity contribution in [2.75, 3.05) is 0 Å². The number of rotatable bonds is 3. The Bertz CT molecular complexity index is 359. The molecule has 0 aromatic heterocycles. The third-order valence-electron chi connectivity index (χ3n) is 3.66. The van der Waals surface area contributed by atoms with E-state index in [1.165, 1.54) is 19.3 Å². The zero-order chi connectivity index (χ0) is 11.7. The summed E-state index contributed by atoms with van der Waals surface area (Å²) in [6.45, 7) is 3.86. The first-order chi connectivity index (χ1) is 7.58. The van der Waals surface area contributed by atoms with E-state index in [0.29, 0.717) is 0 Å². The third-order valence-corrected chi connectivity index (χ3v) is 3.66. The van der Waals surface area contributed by atoms with Crippen molar-refractivity contribution in [1.82, 2.24) is 0 Å². The smallest absolute Gasteiger partial charge is 0.128 e. The van der Waals surface area contributed by atoms with E-state index < -0.39 is 0 Å². The van der Waals surface area contributed by atoms with Crippen LogP contribution in [0.1, 0.15) is 48.4 Å². The Balaban J connectivity index is 2.17. The molecular formula is C14H20FN. The molecule has 2 rings (SSSR count). The molecule has 0 amide bonds. The van der Waals surface area contributed by atoms with Crippen molar-refractivity contribution in [1.29, 1.82) is 0 Å². The van der Waals surface area contributed by atoms with Crippen molar-refractivity contribution in [2.24, 2.45) is 11.7 Å². The maximum atomic E-state index is 13.9. The minimum Gasteiger partial charge on any atom is -0.324 e. The summed E-state index contributed by atoms with van der Waals surface area (Å²) < 4.78 is 13.9. The van der Waals surface area contributed by atoms with E-state index in [1.54, 1.807) is 6.07 Å². The Morgan fingerprint density at radius 1 is 1.38 bits per heavy atom. The summed E-state index contributed by atoms with van der Waals surface area (Å²) in [6.07, 6.45) is 4.77. The van der Waals surface area contributed by atoms with Crippen molar-refractivity contribution >= 4 is 0 Å². The maximum absolute atomic E-state index is 13.9. The average molecular weight is 221 g/mol. The molecule has 2 N–H and O–H groups in total. The van der Waals surface area contributed by atoms with E-state index in [2.05, 4.69) is 0 Å². The molecule has 1 atom stereocenters. The highest BCUT2D eigenvalue weighted by molar-refractivity contribution is 5.34. The van der Waals surface area contributed by atoms with Crippen molar-refractivity contribution in [3.63, 3.8) is 0 Å². The molecule has 0 radical (unpaired) electrons. The summed E-state index contributed by atoms with van der Waals surface area (Å²) in [5, 5.41) is 0. The summed E-state index contributed by atoms with van der Waals surface area (Å²) >= 11 is 0. The van der Waals surface area contributed by atoms with Gasteiger partial charge in [-0.1, -0.05) is 25.3 Å². The third kappa shape index (κ3) is 2.27. The van der Waals surface area contributed by atoms with Crippen LogP contribution >= 0.6 is 0 Å². The number of hydrogen-bond donors (Lipinski definition) is 1. The molecule has 1 aromatic rings. The van der Waals surface area contributed by atoms with Gasteiger partial charge in [-0.3, -0.25) is 0 Å². The molecule has 1 fully saturated rings. The Morgan fingerprint density at radius 3 is 2.56 bits per heavy atom. The SMILES string of the molecule is Cc1cc(C)c(C(N)CC2CCC2)c(F)c1. The van der Waals surface area contributed by atoms with Gasteiger partial charge in [0.15, 0.2) is 0 Å². The normalized spacial score (nSPS) is 18.2. The van der Waals surface area contributed by atoms with Gasteiger partial charge in [-0.2, -0.15) is 0 Å². The number of halogens is 1. The molecule has 1 aliphatic carbocycles. The lowest BCUT2D eigenvalue weighted by Gasteiger charge is -2.29. The fourth-order valence-corrected chi connectivity index (χ4v) is 2.60. The van der Waals surface area contributed by atoms with Crippen molar-refractivity contribution in [3.05, 3.63) is 34.6 Å². The standard InChI is InChI=1S/C14H20FN/c1-9-6-10(2)14(12(15)7-9)13(16)8-11-4-3-5-11/h6-7,11,13H,3-5,8,16H2,1-2H3. The van der Waals surface area contributed by atoms with Gasteiger partial charge in [-0.05, 0) is 43.4 Å². The van der Waals surface area contributed by atoms with E-state index in [0.717, 1.165) is 29.0 Å². The van der Waals surface area contributed by atoms with Crippen LogP contribution in [-0.4, -0.2) is 0 Å². The summed E-state index contributed by atoms with van der Waals surface area (Å²) in [4.78, 5) is 0. The predicted molar refractivity (Wildman–Crippen MR) is 64.8 cm³/mol. The largest absolute Gasteiger partial charge is 0.324 e.